The van der Waals surface area contributed by atoms with Crippen molar-refractivity contribution >= 4 is 11.5 Å². The lowest BCUT2D eigenvalue weighted by Gasteiger charge is -2.43. The predicted octanol–water partition coefficient (Wildman–Crippen LogP) is 4.68. The third-order valence-corrected chi connectivity index (χ3v) is 4.52. The summed E-state index contributed by atoms with van der Waals surface area (Å²) < 4.78 is 0. The Labute approximate surface area is 121 Å². The summed E-state index contributed by atoms with van der Waals surface area (Å²) in [4.78, 5) is 11.6. The topological polar surface area (TPSA) is 37.3 Å². The standard InChI is InChI=1S/C18H24O2/c1-12-8-6-7-9-14(12)15-13(2)10-18(5,16(19)20)11-17(15,3)4/h6-9H,10-11H2,1-5H3,(H,19,20). The van der Waals surface area contributed by atoms with Crippen LogP contribution in [0.25, 0.3) is 5.57 Å². The number of hydrogen-bond donors (Lipinski definition) is 1. The largest absolute Gasteiger partial charge is 0.481 e. The van der Waals surface area contributed by atoms with Crippen molar-refractivity contribution in [3.05, 3.63) is 41.0 Å². The Morgan fingerprint density at radius 2 is 1.75 bits per heavy atom. The number of benzene rings is 1. The Hall–Kier alpha value is -1.57. The van der Waals surface area contributed by atoms with Gasteiger partial charge < -0.3 is 5.11 Å². The first-order valence-corrected chi connectivity index (χ1v) is 7.17. The second-order valence-corrected chi connectivity index (χ2v) is 7.07. The molecular formula is C18H24O2. The van der Waals surface area contributed by atoms with Crippen molar-refractivity contribution in [1.29, 1.82) is 0 Å². The molecule has 1 aromatic carbocycles. The normalized spacial score (nSPS) is 25.6. The summed E-state index contributed by atoms with van der Waals surface area (Å²) in [6, 6.07) is 8.38. The molecule has 1 aliphatic rings. The van der Waals surface area contributed by atoms with Crippen molar-refractivity contribution in [2.24, 2.45) is 10.8 Å². The van der Waals surface area contributed by atoms with Crippen LogP contribution in [0.5, 0.6) is 0 Å². The van der Waals surface area contributed by atoms with E-state index in [9.17, 15) is 9.90 Å². The zero-order valence-corrected chi connectivity index (χ0v) is 13.1. The van der Waals surface area contributed by atoms with E-state index in [1.165, 1.54) is 22.3 Å². The van der Waals surface area contributed by atoms with Crippen molar-refractivity contribution in [3.8, 4) is 0 Å². The lowest BCUT2D eigenvalue weighted by molar-refractivity contribution is -0.149. The Morgan fingerprint density at radius 3 is 2.25 bits per heavy atom. The molecule has 2 heteroatoms. The molecule has 1 unspecified atom stereocenters. The maximum atomic E-state index is 11.6. The molecule has 20 heavy (non-hydrogen) atoms. The third-order valence-electron chi connectivity index (χ3n) is 4.52. The molecule has 0 amide bonds. The van der Waals surface area contributed by atoms with Crippen LogP contribution in [0.2, 0.25) is 0 Å². The fraction of sp³-hybridized carbons (Fsp3) is 0.500. The van der Waals surface area contributed by atoms with E-state index in [1.54, 1.807) is 0 Å². The molecule has 0 aromatic heterocycles. The first kappa shape index (κ1) is 14.8. The second kappa shape index (κ2) is 4.76. The van der Waals surface area contributed by atoms with Gasteiger partial charge in [0.1, 0.15) is 0 Å². The summed E-state index contributed by atoms with van der Waals surface area (Å²) in [7, 11) is 0. The second-order valence-electron chi connectivity index (χ2n) is 7.07. The molecule has 0 heterocycles. The van der Waals surface area contributed by atoms with Crippen LogP contribution in [0.15, 0.2) is 29.8 Å². The van der Waals surface area contributed by atoms with Crippen LogP contribution in [0, 0.1) is 17.8 Å². The monoisotopic (exact) mass is 272 g/mol. The highest BCUT2D eigenvalue weighted by molar-refractivity contribution is 5.81. The van der Waals surface area contributed by atoms with E-state index in [1.807, 2.05) is 13.0 Å². The van der Waals surface area contributed by atoms with E-state index in [2.05, 4.69) is 45.9 Å². The minimum absolute atomic E-state index is 0.123. The van der Waals surface area contributed by atoms with Crippen molar-refractivity contribution in [2.75, 3.05) is 0 Å². The number of aliphatic carboxylic acids is 1. The van der Waals surface area contributed by atoms with Crippen molar-refractivity contribution < 1.29 is 9.90 Å². The van der Waals surface area contributed by atoms with E-state index in [0.717, 1.165) is 0 Å². The number of carbonyl (C=O) groups is 1. The summed E-state index contributed by atoms with van der Waals surface area (Å²) in [5.74, 6) is -0.686. The van der Waals surface area contributed by atoms with Crippen LogP contribution < -0.4 is 0 Å². The molecule has 0 saturated carbocycles. The maximum absolute atomic E-state index is 11.6. The molecule has 1 N–H and O–H groups in total. The molecule has 0 radical (unpaired) electrons. The number of carboxylic acids is 1. The highest BCUT2D eigenvalue weighted by atomic mass is 16.4. The molecule has 0 spiro atoms. The SMILES string of the molecule is CC1=C(c2ccccc2C)C(C)(C)CC(C)(C(=O)O)C1. The van der Waals surface area contributed by atoms with Gasteiger partial charge in [-0.1, -0.05) is 43.7 Å². The Bertz CT molecular complexity index is 581. The van der Waals surface area contributed by atoms with Gasteiger partial charge >= 0.3 is 5.97 Å². The fourth-order valence-electron chi connectivity index (χ4n) is 3.98. The van der Waals surface area contributed by atoms with E-state index in [4.69, 9.17) is 0 Å². The van der Waals surface area contributed by atoms with Gasteiger partial charge in [0.15, 0.2) is 0 Å². The van der Waals surface area contributed by atoms with Crippen LogP contribution in [0.3, 0.4) is 0 Å². The van der Waals surface area contributed by atoms with E-state index in [0.29, 0.717) is 12.8 Å². The molecule has 1 aromatic rings. The van der Waals surface area contributed by atoms with Gasteiger partial charge in [0.2, 0.25) is 0 Å². The average molecular weight is 272 g/mol. The Kier molecular flexibility index (Phi) is 3.53. The van der Waals surface area contributed by atoms with Crippen LogP contribution in [0.4, 0.5) is 0 Å². The predicted molar refractivity (Wildman–Crippen MR) is 82.5 cm³/mol. The Morgan fingerprint density at radius 1 is 1.15 bits per heavy atom. The maximum Gasteiger partial charge on any atom is 0.309 e. The molecule has 0 aliphatic heterocycles. The minimum Gasteiger partial charge on any atom is -0.481 e. The summed E-state index contributed by atoms with van der Waals surface area (Å²) >= 11 is 0. The van der Waals surface area contributed by atoms with Gasteiger partial charge in [-0.3, -0.25) is 4.79 Å². The van der Waals surface area contributed by atoms with Gasteiger partial charge in [0.25, 0.3) is 0 Å². The van der Waals surface area contributed by atoms with E-state index < -0.39 is 11.4 Å². The van der Waals surface area contributed by atoms with Gasteiger partial charge in [-0.15, -0.1) is 0 Å². The summed E-state index contributed by atoms with van der Waals surface area (Å²) in [5, 5.41) is 9.54. The van der Waals surface area contributed by atoms with E-state index in [-0.39, 0.29) is 5.41 Å². The first-order chi connectivity index (χ1) is 9.17. The van der Waals surface area contributed by atoms with Crippen LogP contribution >= 0.6 is 0 Å². The molecule has 1 atom stereocenters. The van der Waals surface area contributed by atoms with Crippen LogP contribution in [-0.4, -0.2) is 11.1 Å². The van der Waals surface area contributed by atoms with Crippen molar-refractivity contribution in [2.45, 2.75) is 47.5 Å². The van der Waals surface area contributed by atoms with Crippen LogP contribution in [-0.2, 0) is 4.79 Å². The molecule has 1 aliphatic carbocycles. The number of aryl methyl sites for hydroxylation is 1. The van der Waals surface area contributed by atoms with Gasteiger partial charge in [-0.2, -0.15) is 0 Å². The molecule has 108 valence electrons. The fourth-order valence-corrected chi connectivity index (χ4v) is 3.98. The zero-order valence-electron chi connectivity index (χ0n) is 13.1. The van der Waals surface area contributed by atoms with Gasteiger partial charge in [0.05, 0.1) is 5.41 Å². The van der Waals surface area contributed by atoms with Gasteiger partial charge in [-0.25, -0.2) is 0 Å². The first-order valence-electron chi connectivity index (χ1n) is 7.17. The lowest BCUT2D eigenvalue weighted by Crippen LogP contribution is -2.38. The summed E-state index contributed by atoms with van der Waals surface area (Å²) in [5.41, 5.74) is 4.28. The highest BCUT2D eigenvalue weighted by Gasteiger charge is 2.45. The summed E-state index contributed by atoms with van der Waals surface area (Å²) in [6.07, 6.45) is 1.31. The lowest BCUT2D eigenvalue weighted by atomic mass is 9.60. The molecule has 2 rings (SSSR count). The van der Waals surface area contributed by atoms with Crippen LogP contribution in [0.1, 0.15) is 51.7 Å². The molecule has 0 fully saturated rings. The van der Waals surface area contributed by atoms with Crippen molar-refractivity contribution in [3.63, 3.8) is 0 Å². The zero-order chi connectivity index (χ0) is 15.1. The van der Waals surface area contributed by atoms with Gasteiger partial charge in [0, 0.05) is 0 Å². The Balaban J connectivity index is 2.59. The number of hydrogen-bond acceptors (Lipinski definition) is 1. The molecular weight excluding hydrogens is 248 g/mol. The smallest absolute Gasteiger partial charge is 0.309 e. The number of carboxylic acid groups (broad SMARTS) is 1. The molecule has 0 saturated heterocycles. The molecule has 0 bridgehead atoms. The van der Waals surface area contributed by atoms with Gasteiger partial charge in [-0.05, 0) is 55.7 Å². The molecule has 2 nitrogen and oxygen atoms in total. The highest BCUT2D eigenvalue weighted by Crippen LogP contribution is 2.53. The number of allylic oxidation sites excluding steroid dienone is 2. The average Bonchev–Trinajstić information content (AvgIpc) is 2.29. The minimum atomic E-state index is -0.686. The van der Waals surface area contributed by atoms with Crippen molar-refractivity contribution in [1.82, 2.24) is 0 Å². The quantitative estimate of drug-likeness (QED) is 0.848. The number of rotatable bonds is 2. The third kappa shape index (κ3) is 2.39. The van der Waals surface area contributed by atoms with E-state index >= 15 is 0 Å². The summed E-state index contributed by atoms with van der Waals surface area (Å²) in [6.45, 7) is 10.4.